The van der Waals surface area contributed by atoms with Crippen LogP contribution in [0.5, 0.6) is 11.5 Å². The van der Waals surface area contributed by atoms with Gasteiger partial charge in [-0.05, 0) is 43.2 Å². The van der Waals surface area contributed by atoms with Gasteiger partial charge in [0.1, 0.15) is 11.5 Å². The third kappa shape index (κ3) is 6.30. The number of hydrogen-bond acceptors (Lipinski definition) is 4. The van der Waals surface area contributed by atoms with Crippen LogP contribution in [0.4, 0.5) is 0 Å². The van der Waals surface area contributed by atoms with Crippen molar-refractivity contribution in [2.75, 3.05) is 13.2 Å². The molecule has 25 heavy (non-hydrogen) atoms. The van der Waals surface area contributed by atoms with Gasteiger partial charge < -0.3 is 9.47 Å². The number of nitrogens with zero attached hydrogens (tertiary/aromatic N) is 1. The van der Waals surface area contributed by atoms with E-state index in [-0.39, 0.29) is 5.91 Å². The van der Waals surface area contributed by atoms with Crippen molar-refractivity contribution in [1.82, 2.24) is 5.43 Å². The lowest BCUT2D eigenvalue weighted by Gasteiger charge is -2.11. The van der Waals surface area contributed by atoms with E-state index >= 15 is 0 Å². The van der Waals surface area contributed by atoms with Gasteiger partial charge in [-0.3, -0.25) is 4.79 Å². The molecule has 0 radical (unpaired) electrons. The smallest absolute Gasteiger partial charge is 0.236 e. The molecule has 5 heteroatoms. The molecular weight excluding hydrogens is 316 g/mol. The zero-order valence-corrected chi connectivity index (χ0v) is 14.9. The monoisotopic (exact) mass is 340 g/mol. The molecule has 0 aliphatic carbocycles. The molecule has 0 spiro atoms. The lowest BCUT2D eigenvalue weighted by atomic mass is 10.1. The van der Waals surface area contributed by atoms with Gasteiger partial charge in [0.2, 0.25) is 5.91 Å². The second-order valence-corrected chi connectivity index (χ2v) is 5.78. The number of carbonyl (C=O) groups excluding carboxylic acids is 1. The Labute approximate surface area is 148 Å². The normalized spacial score (nSPS) is 10.7. The van der Waals surface area contributed by atoms with Crippen LogP contribution in [0.2, 0.25) is 0 Å². The van der Waals surface area contributed by atoms with Crippen molar-refractivity contribution in [2.24, 2.45) is 5.10 Å². The number of rotatable bonds is 8. The van der Waals surface area contributed by atoms with E-state index in [0.717, 1.165) is 29.0 Å². The number of amides is 1. The summed E-state index contributed by atoms with van der Waals surface area (Å²) >= 11 is 0. The van der Waals surface area contributed by atoms with Crippen molar-refractivity contribution in [3.63, 3.8) is 0 Å². The topological polar surface area (TPSA) is 59.9 Å². The van der Waals surface area contributed by atoms with Gasteiger partial charge in [-0.2, -0.15) is 5.10 Å². The highest BCUT2D eigenvalue weighted by atomic mass is 16.5. The van der Waals surface area contributed by atoms with Crippen LogP contribution in [-0.4, -0.2) is 25.3 Å². The molecular formula is C20H24N2O3. The first-order valence-electron chi connectivity index (χ1n) is 8.28. The van der Waals surface area contributed by atoms with Crippen molar-refractivity contribution in [3.8, 4) is 11.5 Å². The number of benzene rings is 2. The van der Waals surface area contributed by atoms with Gasteiger partial charge >= 0.3 is 0 Å². The Hall–Kier alpha value is -2.82. The summed E-state index contributed by atoms with van der Waals surface area (Å²) in [4.78, 5) is 10.9. The second-order valence-electron chi connectivity index (χ2n) is 5.78. The number of para-hydroxylation sites is 1. The SMILES string of the molecule is CC(=O)N/N=C/c1ccccc1OCCCOc1cc(C)ccc1C. The molecule has 1 N–H and O–H groups in total. The number of ether oxygens (including phenoxy) is 2. The van der Waals surface area contributed by atoms with E-state index in [1.807, 2.05) is 37.3 Å². The van der Waals surface area contributed by atoms with Gasteiger partial charge in [-0.1, -0.05) is 24.3 Å². The minimum Gasteiger partial charge on any atom is -0.493 e. The Kier molecular flexibility index (Phi) is 7.01. The number of nitrogens with one attached hydrogen (secondary N) is 1. The average molecular weight is 340 g/mol. The van der Waals surface area contributed by atoms with E-state index in [1.54, 1.807) is 6.21 Å². The summed E-state index contributed by atoms with van der Waals surface area (Å²) < 4.78 is 11.6. The average Bonchev–Trinajstić information content (AvgIpc) is 2.58. The van der Waals surface area contributed by atoms with Crippen molar-refractivity contribution in [1.29, 1.82) is 0 Å². The van der Waals surface area contributed by atoms with Gasteiger partial charge in [0.15, 0.2) is 0 Å². The second kappa shape index (κ2) is 9.47. The van der Waals surface area contributed by atoms with Crippen LogP contribution in [-0.2, 0) is 4.79 Å². The van der Waals surface area contributed by atoms with Crippen LogP contribution in [0.25, 0.3) is 0 Å². The lowest BCUT2D eigenvalue weighted by molar-refractivity contribution is -0.118. The van der Waals surface area contributed by atoms with Crippen LogP contribution in [0.3, 0.4) is 0 Å². The molecule has 2 aromatic rings. The summed E-state index contributed by atoms with van der Waals surface area (Å²) in [5.74, 6) is 1.43. The first kappa shape index (κ1) is 18.5. The van der Waals surface area contributed by atoms with Crippen LogP contribution in [0.15, 0.2) is 47.6 Å². The minimum absolute atomic E-state index is 0.210. The highest BCUT2D eigenvalue weighted by Crippen LogP contribution is 2.19. The summed E-state index contributed by atoms with van der Waals surface area (Å²) in [5.41, 5.74) is 5.51. The van der Waals surface area contributed by atoms with Crippen LogP contribution < -0.4 is 14.9 Å². The molecule has 0 aliphatic heterocycles. The zero-order valence-electron chi connectivity index (χ0n) is 14.9. The number of hydrazone groups is 1. The van der Waals surface area contributed by atoms with Crippen molar-refractivity contribution < 1.29 is 14.3 Å². The first-order valence-corrected chi connectivity index (χ1v) is 8.28. The number of hydrogen-bond donors (Lipinski definition) is 1. The summed E-state index contributed by atoms with van der Waals surface area (Å²) in [5, 5.41) is 3.87. The number of aryl methyl sites for hydroxylation is 2. The number of carbonyl (C=O) groups is 1. The van der Waals surface area contributed by atoms with E-state index in [2.05, 4.69) is 29.6 Å². The molecule has 1 amide bonds. The standard InChI is InChI=1S/C20H24N2O3/c1-15-9-10-16(2)20(13-15)25-12-6-11-24-19-8-5-4-7-18(19)14-21-22-17(3)23/h4-5,7-10,13-14H,6,11-12H2,1-3H3,(H,22,23)/b21-14+. The molecule has 0 saturated carbocycles. The molecule has 0 atom stereocenters. The largest absolute Gasteiger partial charge is 0.493 e. The summed E-state index contributed by atoms with van der Waals surface area (Å²) in [6, 6.07) is 13.7. The Morgan fingerprint density at radius 1 is 1.08 bits per heavy atom. The molecule has 5 nitrogen and oxygen atoms in total. The Bertz CT molecular complexity index is 741. The fourth-order valence-electron chi connectivity index (χ4n) is 2.20. The molecule has 0 bridgehead atoms. The fourth-order valence-corrected chi connectivity index (χ4v) is 2.20. The van der Waals surface area contributed by atoms with E-state index in [4.69, 9.17) is 9.47 Å². The highest BCUT2D eigenvalue weighted by molar-refractivity contribution is 5.84. The minimum atomic E-state index is -0.210. The third-order valence-electron chi connectivity index (χ3n) is 3.49. The van der Waals surface area contributed by atoms with Crippen molar-refractivity contribution in [2.45, 2.75) is 27.2 Å². The maximum atomic E-state index is 10.9. The third-order valence-corrected chi connectivity index (χ3v) is 3.49. The predicted molar refractivity (Wildman–Crippen MR) is 99.4 cm³/mol. The van der Waals surface area contributed by atoms with Crippen LogP contribution in [0, 0.1) is 13.8 Å². The van der Waals surface area contributed by atoms with E-state index in [1.165, 1.54) is 12.5 Å². The maximum absolute atomic E-state index is 10.9. The first-order chi connectivity index (χ1) is 12.1. The molecule has 0 saturated heterocycles. The fraction of sp³-hybridized carbons (Fsp3) is 0.300. The Balaban J connectivity index is 1.81. The molecule has 0 fully saturated rings. The Morgan fingerprint density at radius 2 is 1.80 bits per heavy atom. The van der Waals surface area contributed by atoms with Gasteiger partial charge in [-0.25, -0.2) is 5.43 Å². The summed E-state index contributed by atoms with van der Waals surface area (Å²) in [7, 11) is 0. The van der Waals surface area contributed by atoms with Gasteiger partial charge in [0, 0.05) is 18.9 Å². The molecule has 2 rings (SSSR count). The highest BCUT2D eigenvalue weighted by Gasteiger charge is 2.02. The zero-order chi connectivity index (χ0) is 18.1. The predicted octanol–water partition coefficient (Wildman–Crippen LogP) is 3.62. The summed E-state index contributed by atoms with van der Waals surface area (Å²) in [6.45, 7) is 6.63. The molecule has 0 aliphatic rings. The summed E-state index contributed by atoms with van der Waals surface area (Å²) in [6.07, 6.45) is 2.34. The maximum Gasteiger partial charge on any atom is 0.236 e. The van der Waals surface area contributed by atoms with Crippen LogP contribution >= 0.6 is 0 Å². The van der Waals surface area contributed by atoms with Gasteiger partial charge in [0.05, 0.1) is 19.4 Å². The molecule has 2 aromatic carbocycles. The molecule has 0 heterocycles. The lowest BCUT2D eigenvalue weighted by Crippen LogP contribution is -2.12. The molecule has 0 unspecified atom stereocenters. The molecule has 0 aromatic heterocycles. The van der Waals surface area contributed by atoms with E-state index in [0.29, 0.717) is 13.2 Å². The van der Waals surface area contributed by atoms with E-state index in [9.17, 15) is 4.79 Å². The van der Waals surface area contributed by atoms with E-state index < -0.39 is 0 Å². The van der Waals surface area contributed by atoms with Gasteiger partial charge in [-0.15, -0.1) is 0 Å². The van der Waals surface area contributed by atoms with Crippen molar-refractivity contribution in [3.05, 3.63) is 59.2 Å². The molecule has 132 valence electrons. The van der Waals surface area contributed by atoms with Crippen LogP contribution in [0.1, 0.15) is 30.0 Å². The Morgan fingerprint density at radius 3 is 2.56 bits per heavy atom. The van der Waals surface area contributed by atoms with Crippen molar-refractivity contribution >= 4 is 12.1 Å². The quantitative estimate of drug-likeness (QED) is 0.453. The van der Waals surface area contributed by atoms with Gasteiger partial charge in [0.25, 0.3) is 0 Å².